The van der Waals surface area contributed by atoms with Crippen LogP contribution in [0.5, 0.6) is 0 Å². The highest BCUT2D eigenvalue weighted by Crippen LogP contribution is 2.30. The maximum atomic E-state index is 12.6. The number of rotatable bonds is 5. The first kappa shape index (κ1) is 18.7. The number of nitrogens with zero attached hydrogens (tertiary/aromatic N) is 6. The number of imidazole rings is 1. The molecule has 7 nitrogen and oxygen atoms in total. The Kier molecular flexibility index (Phi) is 5.15. The maximum Gasteiger partial charge on any atom is 0.224 e. The maximum absolute atomic E-state index is 12.6. The lowest BCUT2D eigenvalue weighted by molar-refractivity contribution is -0.132. The average Bonchev–Trinajstić information content (AvgIpc) is 3.29. The molecule has 148 valence electrons. The quantitative estimate of drug-likeness (QED) is 0.681. The van der Waals surface area contributed by atoms with Crippen molar-refractivity contribution >= 4 is 17.1 Å². The summed E-state index contributed by atoms with van der Waals surface area (Å²) in [6.45, 7) is 8.52. The molecule has 1 aliphatic heterocycles. The van der Waals surface area contributed by atoms with E-state index in [-0.39, 0.29) is 5.91 Å². The molecule has 3 aromatic heterocycles. The molecule has 0 saturated carbocycles. The van der Waals surface area contributed by atoms with Crippen molar-refractivity contribution in [3.63, 3.8) is 0 Å². The van der Waals surface area contributed by atoms with Crippen LogP contribution in [-0.2, 0) is 11.3 Å². The minimum Gasteiger partial charge on any atom is -0.342 e. The topological polar surface area (TPSA) is 68.8 Å². The van der Waals surface area contributed by atoms with Crippen LogP contribution in [-0.4, -0.2) is 48.2 Å². The van der Waals surface area contributed by atoms with Gasteiger partial charge in [0.15, 0.2) is 5.65 Å². The van der Waals surface area contributed by atoms with Crippen molar-refractivity contribution in [2.45, 2.75) is 58.5 Å². The molecule has 3 aromatic rings. The molecule has 4 heterocycles. The Hall–Kier alpha value is -2.70. The molecule has 1 aliphatic rings. The zero-order valence-corrected chi connectivity index (χ0v) is 16.9. The molecule has 0 spiro atoms. The van der Waals surface area contributed by atoms with E-state index in [2.05, 4.69) is 28.5 Å². The summed E-state index contributed by atoms with van der Waals surface area (Å²) < 4.78 is 4.16. The van der Waals surface area contributed by atoms with E-state index in [0.29, 0.717) is 24.9 Å². The second-order valence-electron chi connectivity index (χ2n) is 7.92. The summed E-state index contributed by atoms with van der Waals surface area (Å²) in [7, 11) is 0. The summed E-state index contributed by atoms with van der Waals surface area (Å²) in [5, 5.41) is 4.36. The van der Waals surface area contributed by atoms with Gasteiger partial charge in [-0.3, -0.25) is 9.48 Å². The van der Waals surface area contributed by atoms with Crippen LogP contribution in [0.25, 0.3) is 11.2 Å². The smallest absolute Gasteiger partial charge is 0.224 e. The first-order valence-corrected chi connectivity index (χ1v) is 10.1. The number of likely N-dealkylation sites (tertiary alicyclic amines) is 1. The third-order valence-corrected chi connectivity index (χ3v) is 5.50. The minimum atomic E-state index is 0.212. The lowest BCUT2D eigenvalue weighted by Crippen LogP contribution is -2.39. The molecule has 0 unspecified atom stereocenters. The van der Waals surface area contributed by atoms with Crippen LogP contribution in [0, 0.1) is 6.92 Å². The van der Waals surface area contributed by atoms with E-state index in [4.69, 9.17) is 4.98 Å². The number of hydrogen-bond donors (Lipinski definition) is 0. The Bertz CT molecular complexity index is 964. The second kappa shape index (κ2) is 7.73. The summed E-state index contributed by atoms with van der Waals surface area (Å²) in [6, 6.07) is 6.27. The number of aromatic nitrogens is 5. The normalized spacial score (nSPS) is 15.6. The van der Waals surface area contributed by atoms with E-state index in [1.807, 2.05) is 47.1 Å². The van der Waals surface area contributed by atoms with Gasteiger partial charge in [0, 0.05) is 50.4 Å². The van der Waals surface area contributed by atoms with Crippen LogP contribution in [0.4, 0.5) is 0 Å². The van der Waals surface area contributed by atoms with Crippen LogP contribution >= 0.6 is 0 Å². The molecule has 0 atom stereocenters. The molecule has 0 radical (unpaired) electrons. The SMILES string of the molecule is Cc1ccn(CCC(=O)N2CCC(n3c(C(C)C)nc4cccnc43)CC2)n1. The summed E-state index contributed by atoms with van der Waals surface area (Å²) in [6.07, 6.45) is 6.14. The number of fused-ring (bicyclic) bond motifs is 1. The van der Waals surface area contributed by atoms with Crippen LogP contribution < -0.4 is 0 Å². The van der Waals surface area contributed by atoms with Crippen LogP contribution in [0.3, 0.4) is 0 Å². The molecule has 7 heteroatoms. The monoisotopic (exact) mass is 380 g/mol. The second-order valence-corrected chi connectivity index (χ2v) is 7.92. The van der Waals surface area contributed by atoms with Gasteiger partial charge in [-0.15, -0.1) is 0 Å². The van der Waals surface area contributed by atoms with Crippen LogP contribution in [0.15, 0.2) is 30.6 Å². The molecule has 0 bridgehead atoms. The van der Waals surface area contributed by atoms with E-state index in [0.717, 1.165) is 48.6 Å². The number of aryl methyl sites for hydroxylation is 2. The van der Waals surface area contributed by atoms with Crippen molar-refractivity contribution in [2.24, 2.45) is 0 Å². The number of pyridine rings is 1. The third kappa shape index (κ3) is 3.66. The van der Waals surface area contributed by atoms with Crippen molar-refractivity contribution < 1.29 is 4.79 Å². The number of carbonyl (C=O) groups excluding carboxylic acids is 1. The van der Waals surface area contributed by atoms with Crippen molar-refractivity contribution in [1.82, 2.24) is 29.2 Å². The largest absolute Gasteiger partial charge is 0.342 e. The Balaban J connectivity index is 1.42. The number of piperidine rings is 1. The molecule has 0 N–H and O–H groups in total. The fourth-order valence-corrected chi connectivity index (χ4v) is 4.04. The van der Waals surface area contributed by atoms with E-state index in [9.17, 15) is 4.79 Å². The van der Waals surface area contributed by atoms with Crippen LogP contribution in [0.2, 0.25) is 0 Å². The Morgan fingerprint density at radius 1 is 1.25 bits per heavy atom. The Morgan fingerprint density at radius 3 is 2.71 bits per heavy atom. The van der Waals surface area contributed by atoms with Crippen molar-refractivity contribution in [3.05, 3.63) is 42.1 Å². The Morgan fingerprint density at radius 2 is 2.04 bits per heavy atom. The van der Waals surface area contributed by atoms with Crippen molar-refractivity contribution in [3.8, 4) is 0 Å². The summed E-state index contributed by atoms with van der Waals surface area (Å²) in [4.78, 5) is 24.0. The molecule has 1 fully saturated rings. The zero-order chi connectivity index (χ0) is 19.7. The van der Waals surface area contributed by atoms with Gasteiger partial charge in [-0.1, -0.05) is 13.8 Å². The van der Waals surface area contributed by atoms with Crippen molar-refractivity contribution in [2.75, 3.05) is 13.1 Å². The molecule has 0 aliphatic carbocycles. The highest BCUT2D eigenvalue weighted by molar-refractivity contribution is 5.76. The standard InChI is InChI=1S/C21H28N6O/c1-15(2)20-23-18-5-4-10-22-21(18)27(20)17-7-11-25(12-8-17)19(28)9-14-26-13-6-16(3)24-26/h4-6,10,13,15,17H,7-9,11-12,14H2,1-3H3. The van der Waals surface area contributed by atoms with E-state index >= 15 is 0 Å². The first-order chi connectivity index (χ1) is 13.5. The molecule has 28 heavy (non-hydrogen) atoms. The fraction of sp³-hybridized carbons (Fsp3) is 0.524. The number of amides is 1. The van der Waals surface area contributed by atoms with Crippen LogP contribution in [0.1, 0.15) is 56.6 Å². The average molecular weight is 380 g/mol. The van der Waals surface area contributed by atoms with Gasteiger partial charge in [0.1, 0.15) is 11.3 Å². The molecule has 0 aromatic carbocycles. The first-order valence-electron chi connectivity index (χ1n) is 10.1. The van der Waals surface area contributed by atoms with Gasteiger partial charge >= 0.3 is 0 Å². The van der Waals surface area contributed by atoms with Crippen molar-refractivity contribution in [1.29, 1.82) is 0 Å². The zero-order valence-electron chi connectivity index (χ0n) is 16.9. The highest BCUT2D eigenvalue weighted by Gasteiger charge is 2.27. The van der Waals surface area contributed by atoms with Gasteiger partial charge in [0.25, 0.3) is 0 Å². The lowest BCUT2D eigenvalue weighted by Gasteiger charge is -2.33. The van der Waals surface area contributed by atoms with Gasteiger partial charge < -0.3 is 9.47 Å². The molecular weight excluding hydrogens is 352 g/mol. The van der Waals surface area contributed by atoms with Gasteiger partial charge in [-0.05, 0) is 38.0 Å². The molecule has 4 rings (SSSR count). The number of carbonyl (C=O) groups is 1. The summed E-state index contributed by atoms with van der Waals surface area (Å²) in [5.74, 6) is 1.64. The predicted octanol–water partition coefficient (Wildman–Crippen LogP) is 3.31. The third-order valence-electron chi connectivity index (χ3n) is 5.50. The molecule has 1 amide bonds. The molecular formula is C21H28N6O. The summed E-state index contributed by atoms with van der Waals surface area (Å²) in [5.41, 5.74) is 2.90. The van der Waals surface area contributed by atoms with Gasteiger partial charge in [0.2, 0.25) is 5.91 Å². The molecule has 1 saturated heterocycles. The van der Waals surface area contributed by atoms with E-state index in [1.54, 1.807) is 0 Å². The van der Waals surface area contributed by atoms with Gasteiger partial charge in [-0.25, -0.2) is 9.97 Å². The summed E-state index contributed by atoms with van der Waals surface area (Å²) >= 11 is 0. The fourth-order valence-electron chi connectivity index (χ4n) is 4.04. The van der Waals surface area contributed by atoms with Gasteiger partial charge in [-0.2, -0.15) is 5.10 Å². The van der Waals surface area contributed by atoms with Gasteiger partial charge in [0.05, 0.1) is 5.69 Å². The predicted molar refractivity (Wildman–Crippen MR) is 108 cm³/mol. The minimum absolute atomic E-state index is 0.212. The lowest BCUT2D eigenvalue weighted by atomic mass is 10.0. The Labute approximate surface area is 165 Å². The van der Waals surface area contributed by atoms with E-state index in [1.165, 1.54) is 0 Å². The number of hydrogen-bond acceptors (Lipinski definition) is 4. The van der Waals surface area contributed by atoms with E-state index < -0.39 is 0 Å². The highest BCUT2D eigenvalue weighted by atomic mass is 16.2.